The van der Waals surface area contributed by atoms with Crippen molar-refractivity contribution < 1.29 is 13.9 Å². The van der Waals surface area contributed by atoms with Crippen LogP contribution in [0.25, 0.3) is 5.82 Å². The average Bonchev–Trinajstić information content (AvgIpc) is 3.06. The van der Waals surface area contributed by atoms with E-state index >= 15 is 4.39 Å². The molecule has 0 saturated carbocycles. The number of nitrogens with zero attached hydrogens (tertiary/aromatic N) is 4. The van der Waals surface area contributed by atoms with Gasteiger partial charge in [-0.1, -0.05) is 23.7 Å². The quantitative estimate of drug-likeness (QED) is 0.410. The number of ether oxygens (including phenoxy) is 2. The summed E-state index contributed by atoms with van der Waals surface area (Å²) in [5.74, 6) is 1.18. The molecule has 0 amide bonds. The summed E-state index contributed by atoms with van der Waals surface area (Å²) in [7, 11) is 1.63. The van der Waals surface area contributed by atoms with Crippen LogP contribution in [0.3, 0.4) is 0 Å². The zero-order valence-electron chi connectivity index (χ0n) is 19.2. The van der Waals surface area contributed by atoms with Gasteiger partial charge in [0, 0.05) is 18.9 Å². The lowest BCUT2D eigenvalue weighted by molar-refractivity contribution is 0.375. The third-order valence-corrected chi connectivity index (χ3v) is 7.35. The van der Waals surface area contributed by atoms with Gasteiger partial charge in [-0.2, -0.15) is 0 Å². The van der Waals surface area contributed by atoms with Crippen LogP contribution >= 0.6 is 39.1 Å². The van der Waals surface area contributed by atoms with Crippen LogP contribution in [-0.2, 0) is 6.54 Å². The fourth-order valence-corrected chi connectivity index (χ4v) is 4.84. The molecule has 1 atom stereocenters. The van der Waals surface area contributed by atoms with Crippen molar-refractivity contribution in [1.29, 1.82) is 0 Å². The van der Waals surface area contributed by atoms with Crippen molar-refractivity contribution in [2.45, 2.75) is 19.5 Å². The van der Waals surface area contributed by atoms with E-state index < -0.39 is 5.82 Å². The van der Waals surface area contributed by atoms with Crippen molar-refractivity contribution in [3.63, 3.8) is 0 Å². The molecule has 3 heterocycles. The highest BCUT2D eigenvalue weighted by Gasteiger charge is 2.30. The predicted molar refractivity (Wildman–Crippen MR) is 138 cm³/mol. The minimum atomic E-state index is -0.669. The third-order valence-electron chi connectivity index (χ3n) is 5.83. The minimum absolute atomic E-state index is 0.0301. The summed E-state index contributed by atoms with van der Waals surface area (Å²) in [6.45, 7) is 2.69. The van der Waals surface area contributed by atoms with E-state index in [9.17, 15) is 0 Å². The Morgan fingerprint density at radius 1 is 1.25 bits per heavy atom. The summed E-state index contributed by atoms with van der Waals surface area (Å²) in [4.78, 5) is 15.3. The first-order valence-electron chi connectivity index (χ1n) is 10.9. The number of halogens is 4. The van der Waals surface area contributed by atoms with Crippen molar-refractivity contribution in [2.75, 3.05) is 19.1 Å². The van der Waals surface area contributed by atoms with Crippen LogP contribution in [0.15, 0.2) is 57.5 Å². The Morgan fingerprint density at radius 2 is 2.00 bits per heavy atom. The lowest BCUT2D eigenvalue weighted by Gasteiger charge is -2.31. The Labute approximate surface area is 224 Å². The van der Waals surface area contributed by atoms with Crippen LogP contribution < -0.4 is 30.7 Å². The van der Waals surface area contributed by atoms with Crippen molar-refractivity contribution in [2.24, 2.45) is 4.99 Å². The molecule has 2 aromatic carbocycles. The van der Waals surface area contributed by atoms with E-state index in [4.69, 9.17) is 32.7 Å². The van der Waals surface area contributed by atoms with Crippen LogP contribution in [0, 0.1) is 5.82 Å². The molecule has 8 nitrogen and oxygen atoms in total. The molecular weight excluding hydrogens is 574 g/mol. The van der Waals surface area contributed by atoms with Gasteiger partial charge in [0.15, 0.2) is 11.6 Å². The predicted octanol–water partition coefficient (Wildman–Crippen LogP) is 4.39. The summed E-state index contributed by atoms with van der Waals surface area (Å²) in [6.07, 6.45) is 4.81. The maximum atomic E-state index is 15.2. The molecule has 36 heavy (non-hydrogen) atoms. The molecule has 0 bridgehead atoms. The van der Waals surface area contributed by atoms with Gasteiger partial charge in [0.25, 0.3) is 0 Å². The number of rotatable bonds is 6. The molecule has 2 aliphatic heterocycles. The Morgan fingerprint density at radius 3 is 2.75 bits per heavy atom. The van der Waals surface area contributed by atoms with E-state index in [1.54, 1.807) is 25.7 Å². The highest BCUT2D eigenvalue weighted by atomic mass is 79.9. The molecule has 5 rings (SSSR count). The van der Waals surface area contributed by atoms with E-state index in [1.807, 2.05) is 36.1 Å². The largest absolute Gasteiger partial charge is 0.497 e. The summed E-state index contributed by atoms with van der Waals surface area (Å²) in [5, 5.41) is 7.47. The van der Waals surface area contributed by atoms with Crippen molar-refractivity contribution in [3.8, 4) is 11.5 Å². The number of aromatic nitrogens is 2. The van der Waals surface area contributed by atoms with Gasteiger partial charge >= 0.3 is 0 Å². The van der Waals surface area contributed by atoms with Gasteiger partial charge in [0.05, 0.1) is 39.4 Å². The van der Waals surface area contributed by atoms with Gasteiger partial charge in [0.2, 0.25) is 5.22 Å². The van der Waals surface area contributed by atoms with Gasteiger partial charge in [-0.05, 0) is 52.2 Å². The molecule has 0 spiro atoms. The fraction of sp³-hybridized carbons (Fsp3) is 0.208. The average molecular weight is 594 g/mol. The van der Waals surface area contributed by atoms with Crippen molar-refractivity contribution >= 4 is 50.8 Å². The Hall–Kier alpha value is -3.08. The Bertz CT molecular complexity index is 1490. The lowest BCUT2D eigenvalue weighted by atomic mass is 10.1. The second-order valence-corrected chi connectivity index (χ2v) is 9.49. The molecular formula is C24H20BrCl2FN6O2. The van der Waals surface area contributed by atoms with Crippen molar-refractivity contribution in [3.05, 3.63) is 85.2 Å². The lowest BCUT2D eigenvalue weighted by Crippen LogP contribution is -2.45. The zero-order valence-corrected chi connectivity index (χ0v) is 22.2. The Balaban J connectivity index is 1.55. The molecule has 2 aliphatic rings. The SMILES string of the molecule is COc1ccc(CNc2nccnc2C(C)N2C=C(Cl)Oc3c(F)c(Br)c(Cl)c4c3=C2NCN=4)cc1. The topological polar surface area (TPSA) is 83.9 Å². The number of methoxy groups -OCH3 is 1. The minimum Gasteiger partial charge on any atom is -0.497 e. The van der Waals surface area contributed by atoms with E-state index in [1.165, 1.54) is 0 Å². The van der Waals surface area contributed by atoms with Crippen LogP contribution in [-0.4, -0.2) is 28.6 Å². The fourth-order valence-electron chi connectivity index (χ4n) is 4.05. The van der Waals surface area contributed by atoms with Crippen LogP contribution in [0.4, 0.5) is 10.2 Å². The first-order chi connectivity index (χ1) is 17.4. The normalized spacial score (nSPS) is 15.0. The first-order valence-corrected chi connectivity index (χ1v) is 12.4. The van der Waals surface area contributed by atoms with E-state index in [0.717, 1.165) is 11.3 Å². The number of anilines is 1. The molecule has 0 radical (unpaired) electrons. The molecule has 0 fully saturated rings. The van der Waals surface area contributed by atoms with Crippen LogP contribution in [0.1, 0.15) is 24.2 Å². The highest BCUT2D eigenvalue weighted by molar-refractivity contribution is 9.10. The molecule has 186 valence electrons. The monoisotopic (exact) mass is 592 g/mol. The van der Waals surface area contributed by atoms with Crippen LogP contribution in [0.2, 0.25) is 5.02 Å². The van der Waals surface area contributed by atoms with Gasteiger partial charge in [-0.15, -0.1) is 0 Å². The number of benzene rings is 2. The van der Waals surface area contributed by atoms with Crippen molar-refractivity contribution in [1.82, 2.24) is 20.2 Å². The second kappa shape index (κ2) is 10.1. The molecule has 12 heteroatoms. The van der Waals surface area contributed by atoms with E-state index in [-0.39, 0.29) is 33.2 Å². The third kappa shape index (κ3) is 4.44. The molecule has 2 N–H and O–H groups in total. The van der Waals surface area contributed by atoms with Gasteiger partial charge < -0.3 is 25.0 Å². The molecule has 3 aromatic rings. The van der Waals surface area contributed by atoms with Crippen LogP contribution in [0.5, 0.6) is 11.5 Å². The maximum Gasteiger partial charge on any atom is 0.210 e. The summed E-state index contributed by atoms with van der Waals surface area (Å²) < 4.78 is 26.1. The van der Waals surface area contributed by atoms with Gasteiger partial charge in [-0.25, -0.2) is 9.37 Å². The molecule has 0 saturated heterocycles. The summed E-state index contributed by atoms with van der Waals surface area (Å²) in [5.41, 5.74) is 1.70. The molecule has 1 unspecified atom stereocenters. The second-order valence-electron chi connectivity index (χ2n) is 7.95. The summed E-state index contributed by atoms with van der Waals surface area (Å²) >= 11 is 16.0. The van der Waals surface area contributed by atoms with E-state index in [0.29, 0.717) is 34.5 Å². The Kier molecular flexibility index (Phi) is 6.92. The number of hydrogen-bond donors (Lipinski definition) is 2. The van der Waals surface area contributed by atoms with Gasteiger partial charge in [0.1, 0.15) is 29.8 Å². The maximum absolute atomic E-state index is 15.2. The first kappa shape index (κ1) is 24.6. The standard InChI is InChI=1S/C24H20BrCl2FN6O2/c1-12(20-23(30-8-7-29-20)31-9-13-3-5-14(35-2)6-4-13)34-10-15(26)36-22-16-21(32-11-33-24(16)34)18(27)17(25)19(22)28/h3-8,10,12,33H,9,11H2,1-2H3,(H,30,31). The number of hydrogen-bond acceptors (Lipinski definition) is 8. The smallest absolute Gasteiger partial charge is 0.210 e. The molecule has 0 aliphatic carbocycles. The highest BCUT2D eigenvalue weighted by Crippen LogP contribution is 2.34. The van der Waals surface area contributed by atoms with Gasteiger partial charge in [-0.3, -0.25) is 9.98 Å². The summed E-state index contributed by atoms with van der Waals surface area (Å²) in [6, 6.07) is 7.35. The molecule has 1 aromatic heterocycles. The number of nitrogens with one attached hydrogen (secondary N) is 2. The zero-order chi connectivity index (χ0) is 25.4. The van der Waals surface area contributed by atoms with E-state index in [2.05, 4.69) is 41.5 Å².